The minimum absolute atomic E-state index is 0.403. The fraction of sp³-hybridized carbons (Fsp3) is 0.318. The third-order valence-electron chi connectivity index (χ3n) is 5.50. The highest BCUT2D eigenvalue weighted by Gasteiger charge is 2.36. The molecule has 1 saturated carbocycles. The Bertz CT molecular complexity index is 1140. The maximum Gasteiger partial charge on any atom is 0.257 e. The van der Waals surface area contributed by atoms with Crippen molar-refractivity contribution in [3.63, 3.8) is 0 Å². The van der Waals surface area contributed by atoms with Gasteiger partial charge in [0.2, 0.25) is 0 Å². The molecule has 0 aliphatic heterocycles. The number of hydrogen-bond acceptors (Lipinski definition) is 6. The molecule has 5 rings (SSSR count). The molecule has 3 heterocycles. The first kappa shape index (κ1) is 17.9. The monoisotopic (exact) mass is 389 g/mol. The number of pyridine rings is 1. The number of rotatable bonds is 5. The molecule has 7 nitrogen and oxygen atoms in total. The second kappa shape index (κ2) is 7.00. The average molecular weight is 389 g/mol. The molecule has 1 aliphatic rings. The average Bonchev–Trinajstić information content (AvgIpc) is 3.46. The predicted molar refractivity (Wildman–Crippen MR) is 108 cm³/mol. The predicted octanol–water partition coefficient (Wildman–Crippen LogP) is 4.00. The molecule has 0 radical (unpaired) electrons. The summed E-state index contributed by atoms with van der Waals surface area (Å²) in [6, 6.07) is 11.7. The van der Waals surface area contributed by atoms with Crippen LogP contribution in [0.2, 0.25) is 0 Å². The number of aryl methyl sites for hydroxylation is 1. The second-order valence-corrected chi connectivity index (χ2v) is 7.80. The summed E-state index contributed by atoms with van der Waals surface area (Å²) in [7, 11) is 0. The van der Waals surface area contributed by atoms with Crippen LogP contribution in [0.15, 0.2) is 53.3 Å². The van der Waals surface area contributed by atoms with E-state index in [1.165, 1.54) is 5.56 Å². The summed E-state index contributed by atoms with van der Waals surface area (Å²) in [5, 5.41) is 4.12. The van der Waals surface area contributed by atoms with E-state index in [4.69, 9.17) is 15.0 Å². The van der Waals surface area contributed by atoms with Crippen LogP contribution in [0.3, 0.4) is 0 Å². The summed E-state index contributed by atoms with van der Waals surface area (Å²) < 4.78 is 13.3. The standard InChI is InChI=1S/C22H23N5O2/c1-15-4-9-19-24-17(13-27(19)12-15)14-28-18-7-5-16(6-8-18)20-25-21(26-29-20)22(23)10-2-3-11-22/h4-9,12-13H,2-3,10-11,14,23H2,1H3. The highest BCUT2D eigenvalue weighted by Crippen LogP contribution is 2.35. The lowest BCUT2D eigenvalue weighted by molar-refractivity contribution is 0.302. The lowest BCUT2D eigenvalue weighted by Gasteiger charge is -2.17. The zero-order valence-electron chi connectivity index (χ0n) is 16.3. The lowest BCUT2D eigenvalue weighted by atomic mass is 9.99. The Morgan fingerprint density at radius 3 is 2.66 bits per heavy atom. The van der Waals surface area contributed by atoms with E-state index in [2.05, 4.69) is 28.2 Å². The number of benzene rings is 1. The van der Waals surface area contributed by atoms with Gasteiger partial charge >= 0.3 is 0 Å². The normalized spacial score (nSPS) is 15.8. The minimum Gasteiger partial charge on any atom is -0.487 e. The summed E-state index contributed by atoms with van der Waals surface area (Å²) in [6.45, 7) is 2.46. The van der Waals surface area contributed by atoms with E-state index in [-0.39, 0.29) is 0 Å². The molecule has 0 saturated heterocycles. The van der Waals surface area contributed by atoms with E-state index in [9.17, 15) is 0 Å². The SMILES string of the molecule is Cc1ccc2nc(COc3ccc(-c4nc(C5(N)CCCC5)no4)cc3)cn2c1. The van der Waals surface area contributed by atoms with Crippen molar-refractivity contribution < 1.29 is 9.26 Å². The van der Waals surface area contributed by atoms with Gasteiger partial charge in [0.1, 0.15) is 18.0 Å². The maximum atomic E-state index is 6.41. The summed E-state index contributed by atoms with van der Waals surface area (Å²) in [4.78, 5) is 9.11. The number of nitrogens with two attached hydrogens (primary N) is 1. The number of fused-ring (bicyclic) bond motifs is 1. The topological polar surface area (TPSA) is 91.5 Å². The summed E-state index contributed by atoms with van der Waals surface area (Å²) in [6.07, 6.45) is 8.07. The van der Waals surface area contributed by atoms with Gasteiger partial charge in [-0.25, -0.2) is 4.98 Å². The van der Waals surface area contributed by atoms with Crippen LogP contribution in [0.25, 0.3) is 17.1 Å². The van der Waals surface area contributed by atoms with E-state index < -0.39 is 5.54 Å². The summed E-state index contributed by atoms with van der Waals surface area (Å²) in [5.74, 6) is 1.85. The fourth-order valence-corrected chi connectivity index (χ4v) is 3.85. The van der Waals surface area contributed by atoms with Gasteiger partial charge in [-0.15, -0.1) is 0 Å². The molecule has 0 spiro atoms. The molecule has 0 amide bonds. The molecule has 1 fully saturated rings. The number of aromatic nitrogens is 4. The maximum absolute atomic E-state index is 6.41. The molecule has 7 heteroatoms. The van der Waals surface area contributed by atoms with Crippen LogP contribution in [0, 0.1) is 6.92 Å². The first-order valence-electron chi connectivity index (χ1n) is 9.90. The van der Waals surface area contributed by atoms with E-state index in [0.29, 0.717) is 18.3 Å². The van der Waals surface area contributed by atoms with Gasteiger partial charge in [0, 0.05) is 18.0 Å². The van der Waals surface area contributed by atoms with E-state index in [0.717, 1.165) is 48.3 Å². The third kappa shape index (κ3) is 3.49. The highest BCUT2D eigenvalue weighted by molar-refractivity contribution is 5.54. The highest BCUT2D eigenvalue weighted by atomic mass is 16.5. The van der Waals surface area contributed by atoms with Crippen molar-refractivity contribution in [2.75, 3.05) is 0 Å². The van der Waals surface area contributed by atoms with Crippen LogP contribution in [-0.4, -0.2) is 19.5 Å². The minimum atomic E-state index is -0.447. The van der Waals surface area contributed by atoms with Crippen LogP contribution in [0.4, 0.5) is 0 Å². The second-order valence-electron chi connectivity index (χ2n) is 7.80. The molecular formula is C22H23N5O2. The largest absolute Gasteiger partial charge is 0.487 e. The van der Waals surface area contributed by atoms with Crippen molar-refractivity contribution in [2.45, 2.75) is 44.8 Å². The van der Waals surface area contributed by atoms with E-state index in [1.807, 2.05) is 47.0 Å². The molecule has 1 aromatic carbocycles. The smallest absolute Gasteiger partial charge is 0.257 e. The van der Waals surface area contributed by atoms with E-state index >= 15 is 0 Å². The van der Waals surface area contributed by atoms with Crippen LogP contribution in [0.1, 0.15) is 42.8 Å². The zero-order valence-corrected chi connectivity index (χ0v) is 16.3. The fourth-order valence-electron chi connectivity index (χ4n) is 3.85. The Labute approximate surface area is 168 Å². The van der Waals surface area contributed by atoms with Crippen molar-refractivity contribution in [3.05, 3.63) is 65.9 Å². The number of nitrogens with zero attached hydrogens (tertiary/aromatic N) is 4. The van der Waals surface area contributed by atoms with Crippen molar-refractivity contribution >= 4 is 5.65 Å². The van der Waals surface area contributed by atoms with Crippen molar-refractivity contribution in [1.82, 2.24) is 19.5 Å². The molecule has 0 atom stereocenters. The summed E-state index contributed by atoms with van der Waals surface area (Å²) >= 11 is 0. The zero-order chi connectivity index (χ0) is 19.8. The Hall–Kier alpha value is -3.19. The first-order chi connectivity index (χ1) is 14.1. The first-order valence-corrected chi connectivity index (χ1v) is 9.90. The number of ether oxygens (including phenoxy) is 1. The molecule has 2 N–H and O–H groups in total. The van der Waals surface area contributed by atoms with Crippen LogP contribution < -0.4 is 10.5 Å². The lowest BCUT2D eigenvalue weighted by Crippen LogP contribution is -2.34. The van der Waals surface area contributed by atoms with Gasteiger partial charge in [-0.2, -0.15) is 4.98 Å². The van der Waals surface area contributed by atoms with Gasteiger partial charge in [-0.05, 0) is 55.7 Å². The van der Waals surface area contributed by atoms with Gasteiger partial charge in [-0.3, -0.25) is 0 Å². The Kier molecular flexibility index (Phi) is 4.32. The Morgan fingerprint density at radius 2 is 1.86 bits per heavy atom. The number of imidazole rings is 1. The molecule has 29 heavy (non-hydrogen) atoms. The number of hydrogen-bond donors (Lipinski definition) is 1. The van der Waals surface area contributed by atoms with Crippen LogP contribution in [0.5, 0.6) is 5.75 Å². The van der Waals surface area contributed by atoms with Gasteiger partial charge < -0.3 is 19.4 Å². The molecule has 0 bridgehead atoms. The summed E-state index contributed by atoms with van der Waals surface area (Å²) in [5.41, 5.74) is 9.80. The molecule has 3 aromatic heterocycles. The molecule has 4 aromatic rings. The molecule has 148 valence electrons. The molecule has 1 aliphatic carbocycles. The van der Waals surface area contributed by atoms with Crippen LogP contribution in [-0.2, 0) is 12.1 Å². The van der Waals surface area contributed by atoms with E-state index in [1.54, 1.807) is 0 Å². The Morgan fingerprint density at radius 1 is 1.07 bits per heavy atom. The quantitative estimate of drug-likeness (QED) is 0.555. The van der Waals surface area contributed by atoms with Crippen molar-refractivity contribution in [2.24, 2.45) is 5.73 Å². The molecule has 0 unspecified atom stereocenters. The third-order valence-corrected chi connectivity index (χ3v) is 5.50. The van der Waals surface area contributed by atoms with Gasteiger partial charge in [0.25, 0.3) is 5.89 Å². The van der Waals surface area contributed by atoms with Gasteiger partial charge in [0.05, 0.1) is 11.2 Å². The van der Waals surface area contributed by atoms with Crippen LogP contribution >= 0.6 is 0 Å². The van der Waals surface area contributed by atoms with Crippen molar-refractivity contribution in [3.8, 4) is 17.2 Å². The van der Waals surface area contributed by atoms with Crippen molar-refractivity contribution in [1.29, 1.82) is 0 Å². The van der Waals surface area contributed by atoms with Gasteiger partial charge in [0.15, 0.2) is 5.82 Å². The van der Waals surface area contributed by atoms with Gasteiger partial charge in [-0.1, -0.05) is 24.1 Å². The molecular weight excluding hydrogens is 366 g/mol. The Balaban J connectivity index is 1.27.